The molecule has 3 aromatic rings. The highest BCUT2D eigenvalue weighted by atomic mass is 32.2. The number of nitrogens with one attached hydrogen (secondary N) is 1. The molecule has 8 heteroatoms. The average molecular weight is 396 g/mol. The van der Waals surface area contributed by atoms with Crippen LogP contribution in [0.25, 0.3) is 5.69 Å². The van der Waals surface area contributed by atoms with E-state index in [-0.39, 0.29) is 17.8 Å². The maximum absolute atomic E-state index is 12.7. The molecular weight excluding hydrogens is 376 g/mol. The fourth-order valence-electron chi connectivity index (χ4n) is 3.00. The van der Waals surface area contributed by atoms with Crippen molar-refractivity contribution < 1.29 is 9.72 Å². The average Bonchev–Trinajstić information content (AvgIpc) is 2.99. The van der Waals surface area contributed by atoms with Gasteiger partial charge >= 0.3 is 0 Å². The Kier molecular flexibility index (Phi) is 5.79. The molecule has 0 saturated carbocycles. The van der Waals surface area contributed by atoms with Gasteiger partial charge in [0.1, 0.15) is 5.56 Å². The zero-order chi connectivity index (χ0) is 20.3. The summed E-state index contributed by atoms with van der Waals surface area (Å²) < 4.78 is 1.83. The van der Waals surface area contributed by atoms with E-state index in [9.17, 15) is 14.9 Å². The summed E-state index contributed by atoms with van der Waals surface area (Å²) in [7, 11) is 0. The van der Waals surface area contributed by atoms with Crippen LogP contribution in [0.5, 0.6) is 0 Å². The first kappa shape index (κ1) is 19.6. The quantitative estimate of drug-likeness (QED) is 0.386. The van der Waals surface area contributed by atoms with E-state index in [1.54, 1.807) is 12.1 Å². The number of aryl methyl sites for hydroxylation is 1. The summed E-state index contributed by atoms with van der Waals surface area (Å²) in [6.45, 7) is 4.06. The van der Waals surface area contributed by atoms with Crippen molar-refractivity contribution in [3.8, 4) is 5.69 Å². The van der Waals surface area contributed by atoms with Gasteiger partial charge in [0.2, 0.25) is 0 Å². The largest absolute Gasteiger partial charge is 0.348 e. The van der Waals surface area contributed by atoms with Crippen molar-refractivity contribution in [1.29, 1.82) is 0 Å². The second-order valence-corrected chi connectivity index (χ2v) is 7.10. The molecule has 0 atom stereocenters. The van der Waals surface area contributed by atoms with Crippen molar-refractivity contribution in [3.63, 3.8) is 0 Å². The van der Waals surface area contributed by atoms with E-state index < -0.39 is 10.8 Å². The molecular formula is C20H20N4O3S. The first-order chi connectivity index (χ1) is 13.4. The van der Waals surface area contributed by atoms with Crippen LogP contribution in [0, 0.1) is 24.0 Å². The van der Waals surface area contributed by atoms with Crippen LogP contribution < -0.4 is 5.32 Å². The van der Waals surface area contributed by atoms with Gasteiger partial charge in [0.25, 0.3) is 11.6 Å². The summed E-state index contributed by atoms with van der Waals surface area (Å²) in [6, 6.07) is 14.3. The molecule has 0 unspecified atom stereocenters. The first-order valence-corrected chi connectivity index (χ1v) is 9.86. The van der Waals surface area contributed by atoms with Crippen LogP contribution in [-0.2, 0) is 6.54 Å². The number of hydrogen-bond donors (Lipinski definition) is 1. The van der Waals surface area contributed by atoms with Crippen molar-refractivity contribution in [2.75, 3.05) is 6.26 Å². The van der Waals surface area contributed by atoms with Crippen LogP contribution in [0.2, 0.25) is 0 Å². The monoisotopic (exact) mass is 396 g/mol. The van der Waals surface area contributed by atoms with Gasteiger partial charge in [-0.1, -0.05) is 18.2 Å². The molecule has 1 aromatic heterocycles. The normalized spacial score (nSPS) is 10.7. The van der Waals surface area contributed by atoms with E-state index in [1.165, 1.54) is 17.8 Å². The number of para-hydroxylation sites is 1. The van der Waals surface area contributed by atoms with Crippen LogP contribution >= 0.6 is 11.8 Å². The van der Waals surface area contributed by atoms with Crippen molar-refractivity contribution in [2.45, 2.75) is 25.3 Å². The molecule has 0 radical (unpaired) electrons. The standard InChI is InChI=1S/C20H20N4O3S/c1-13-18(14(2)23(22-13)15-7-5-4-6-8-15)12-21-20(25)17-11-16(28-3)9-10-19(17)24(26)27/h4-11H,12H2,1-3H3,(H,21,25). The van der Waals surface area contributed by atoms with E-state index in [2.05, 4.69) is 10.4 Å². The van der Waals surface area contributed by atoms with Gasteiger partial charge in [-0.25, -0.2) is 4.68 Å². The van der Waals surface area contributed by atoms with Gasteiger partial charge in [0.05, 0.1) is 16.3 Å². The number of nitro benzene ring substituents is 1. The third-order valence-corrected chi connectivity index (χ3v) is 5.24. The second-order valence-electron chi connectivity index (χ2n) is 6.22. The number of hydrogen-bond acceptors (Lipinski definition) is 5. The number of thioether (sulfide) groups is 1. The summed E-state index contributed by atoms with van der Waals surface area (Å²) in [4.78, 5) is 24.2. The lowest BCUT2D eigenvalue weighted by Crippen LogP contribution is -2.24. The maximum atomic E-state index is 12.7. The van der Waals surface area contributed by atoms with Crippen LogP contribution in [0.3, 0.4) is 0 Å². The summed E-state index contributed by atoms with van der Waals surface area (Å²) in [5.41, 5.74) is 3.39. The molecule has 0 spiro atoms. The fraction of sp³-hybridized carbons (Fsp3) is 0.200. The third-order valence-electron chi connectivity index (χ3n) is 4.51. The third kappa shape index (κ3) is 3.91. The highest BCUT2D eigenvalue weighted by Crippen LogP contribution is 2.25. The topological polar surface area (TPSA) is 90.1 Å². The van der Waals surface area contributed by atoms with E-state index in [0.717, 1.165) is 27.5 Å². The molecule has 0 fully saturated rings. The number of carbonyl (C=O) groups is 1. The number of rotatable bonds is 6. The molecule has 0 aliphatic heterocycles. The predicted octanol–water partition coefficient (Wildman–Crippen LogP) is 4.05. The summed E-state index contributed by atoms with van der Waals surface area (Å²) in [5.74, 6) is -0.478. The molecule has 1 heterocycles. The molecule has 1 amide bonds. The van der Waals surface area contributed by atoms with Crippen molar-refractivity contribution in [2.24, 2.45) is 0 Å². The lowest BCUT2D eigenvalue weighted by atomic mass is 10.1. The van der Waals surface area contributed by atoms with Crippen LogP contribution in [0.1, 0.15) is 27.3 Å². The van der Waals surface area contributed by atoms with Crippen LogP contribution in [-0.4, -0.2) is 26.9 Å². The van der Waals surface area contributed by atoms with E-state index in [0.29, 0.717) is 0 Å². The second kappa shape index (κ2) is 8.26. The summed E-state index contributed by atoms with van der Waals surface area (Å²) in [6.07, 6.45) is 1.85. The minimum atomic E-state index is -0.539. The number of benzene rings is 2. The SMILES string of the molecule is CSc1ccc([N+](=O)[O-])c(C(=O)NCc2c(C)nn(-c3ccccc3)c2C)c1. The molecule has 28 heavy (non-hydrogen) atoms. The van der Waals surface area contributed by atoms with Gasteiger partial charge in [-0.2, -0.15) is 5.10 Å². The predicted molar refractivity (Wildman–Crippen MR) is 109 cm³/mol. The number of carbonyl (C=O) groups excluding carboxylic acids is 1. The fourth-order valence-corrected chi connectivity index (χ4v) is 3.44. The lowest BCUT2D eigenvalue weighted by Gasteiger charge is -2.08. The van der Waals surface area contributed by atoms with Gasteiger partial charge in [-0.15, -0.1) is 11.8 Å². The number of nitrogens with zero attached hydrogens (tertiary/aromatic N) is 3. The van der Waals surface area contributed by atoms with Crippen molar-refractivity contribution in [1.82, 2.24) is 15.1 Å². The smallest absolute Gasteiger partial charge is 0.282 e. The highest BCUT2D eigenvalue weighted by molar-refractivity contribution is 7.98. The van der Waals surface area contributed by atoms with E-state index in [4.69, 9.17) is 0 Å². The van der Waals surface area contributed by atoms with Gasteiger partial charge in [-0.3, -0.25) is 14.9 Å². The highest BCUT2D eigenvalue weighted by Gasteiger charge is 2.21. The first-order valence-electron chi connectivity index (χ1n) is 8.63. The maximum Gasteiger partial charge on any atom is 0.282 e. The molecule has 0 saturated heterocycles. The van der Waals surface area contributed by atoms with Crippen molar-refractivity contribution in [3.05, 3.63) is 81.2 Å². The molecule has 0 aliphatic carbocycles. The van der Waals surface area contributed by atoms with Crippen molar-refractivity contribution >= 4 is 23.4 Å². The molecule has 144 valence electrons. The Hall–Kier alpha value is -3.13. The Morgan fingerprint density at radius 2 is 1.93 bits per heavy atom. The number of nitro groups is 1. The van der Waals surface area contributed by atoms with Crippen LogP contribution in [0.15, 0.2) is 53.4 Å². The van der Waals surface area contributed by atoms with E-state index in [1.807, 2.05) is 55.1 Å². The molecule has 7 nitrogen and oxygen atoms in total. The van der Waals surface area contributed by atoms with E-state index >= 15 is 0 Å². The zero-order valence-electron chi connectivity index (χ0n) is 15.8. The minimum absolute atomic E-state index is 0.0580. The molecule has 0 aliphatic rings. The summed E-state index contributed by atoms with van der Waals surface area (Å²) in [5, 5.41) is 18.6. The summed E-state index contributed by atoms with van der Waals surface area (Å²) >= 11 is 1.43. The molecule has 1 N–H and O–H groups in total. The molecule has 3 rings (SSSR count). The zero-order valence-corrected chi connectivity index (χ0v) is 16.6. The number of aromatic nitrogens is 2. The van der Waals surface area contributed by atoms with Gasteiger partial charge in [0, 0.05) is 28.8 Å². The van der Waals surface area contributed by atoms with Gasteiger partial charge in [0.15, 0.2) is 0 Å². The molecule has 2 aromatic carbocycles. The Bertz CT molecular complexity index is 1030. The van der Waals surface area contributed by atoms with Crippen LogP contribution in [0.4, 0.5) is 5.69 Å². The Morgan fingerprint density at radius 1 is 1.21 bits per heavy atom. The number of amides is 1. The van der Waals surface area contributed by atoms with Gasteiger partial charge in [-0.05, 0) is 44.4 Å². The Morgan fingerprint density at radius 3 is 2.57 bits per heavy atom. The Balaban J connectivity index is 1.85. The molecule has 0 bridgehead atoms. The van der Waals surface area contributed by atoms with Gasteiger partial charge < -0.3 is 5.32 Å². The Labute approximate surface area is 166 Å². The lowest BCUT2D eigenvalue weighted by molar-refractivity contribution is -0.385. The minimum Gasteiger partial charge on any atom is -0.348 e.